The van der Waals surface area contributed by atoms with Crippen molar-refractivity contribution in [3.63, 3.8) is 0 Å². The molecule has 9 nitrogen and oxygen atoms in total. The highest BCUT2D eigenvalue weighted by Gasteiger charge is 2.20. The summed E-state index contributed by atoms with van der Waals surface area (Å²) in [5, 5.41) is 20.3. The molecular formula is C16H14Cl2N6O3. The van der Waals surface area contributed by atoms with Crippen LogP contribution in [0.4, 0.5) is 5.95 Å². The van der Waals surface area contributed by atoms with Gasteiger partial charge in [-0.1, -0.05) is 34.5 Å². The summed E-state index contributed by atoms with van der Waals surface area (Å²) in [6.07, 6.45) is 1.16. The molecule has 1 aromatic carbocycles. The van der Waals surface area contributed by atoms with Gasteiger partial charge in [-0.2, -0.15) is 0 Å². The Hall–Kier alpha value is -2.91. The topological polar surface area (TPSA) is 115 Å². The van der Waals surface area contributed by atoms with Gasteiger partial charge in [0.25, 0.3) is 5.91 Å². The molecule has 27 heavy (non-hydrogen) atoms. The highest BCUT2D eigenvalue weighted by molar-refractivity contribution is 6.42. The predicted molar refractivity (Wildman–Crippen MR) is 98.4 cm³/mol. The molecule has 0 aliphatic rings. The molecule has 2 heterocycles. The van der Waals surface area contributed by atoms with Gasteiger partial charge in [-0.25, -0.2) is 14.5 Å². The van der Waals surface area contributed by atoms with Crippen LogP contribution in [0.15, 0.2) is 24.4 Å². The van der Waals surface area contributed by atoms with Crippen LogP contribution in [0.25, 0.3) is 0 Å². The molecule has 0 bridgehead atoms. The number of hydrogen-bond donors (Lipinski definition) is 2. The number of nitrogens with zero attached hydrogens (tertiary/aromatic N) is 5. The molecule has 1 amide bonds. The minimum Gasteiger partial charge on any atom is -0.477 e. The third-order valence-electron chi connectivity index (χ3n) is 3.95. The van der Waals surface area contributed by atoms with Crippen molar-refractivity contribution in [3.05, 3.63) is 57.1 Å². The molecule has 3 rings (SSSR count). The van der Waals surface area contributed by atoms with Gasteiger partial charge in [0, 0.05) is 7.05 Å². The van der Waals surface area contributed by atoms with Gasteiger partial charge in [-0.05, 0) is 24.6 Å². The smallest absolute Gasteiger partial charge is 0.354 e. The highest BCUT2D eigenvalue weighted by Crippen LogP contribution is 2.23. The number of amides is 1. The number of aromatic nitrogens is 5. The quantitative estimate of drug-likeness (QED) is 0.670. The van der Waals surface area contributed by atoms with Gasteiger partial charge in [-0.3, -0.25) is 10.1 Å². The summed E-state index contributed by atoms with van der Waals surface area (Å²) < 4.78 is 2.81. The lowest BCUT2D eigenvalue weighted by Crippen LogP contribution is -2.18. The number of anilines is 1. The van der Waals surface area contributed by atoms with Crippen molar-refractivity contribution in [2.45, 2.75) is 13.5 Å². The minimum atomic E-state index is -1.14. The lowest BCUT2D eigenvalue weighted by molar-refractivity contribution is 0.0686. The first kappa shape index (κ1) is 18.9. The monoisotopic (exact) mass is 408 g/mol. The molecule has 0 aliphatic heterocycles. The Morgan fingerprint density at radius 1 is 1.26 bits per heavy atom. The summed E-state index contributed by atoms with van der Waals surface area (Å²) in [4.78, 5) is 27.4. The van der Waals surface area contributed by atoms with Crippen LogP contribution in [-0.2, 0) is 13.6 Å². The van der Waals surface area contributed by atoms with Gasteiger partial charge in [0.15, 0.2) is 5.69 Å². The highest BCUT2D eigenvalue weighted by atomic mass is 35.5. The molecule has 0 aliphatic carbocycles. The average molecular weight is 409 g/mol. The number of halogens is 2. The van der Waals surface area contributed by atoms with Crippen molar-refractivity contribution in [1.29, 1.82) is 0 Å². The van der Waals surface area contributed by atoms with E-state index in [0.717, 1.165) is 11.8 Å². The number of imidazole rings is 1. The van der Waals surface area contributed by atoms with Crippen molar-refractivity contribution in [3.8, 4) is 0 Å². The summed E-state index contributed by atoms with van der Waals surface area (Å²) >= 11 is 11.9. The molecule has 2 N–H and O–H groups in total. The predicted octanol–water partition coefficient (Wildman–Crippen LogP) is 2.63. The van der Waals surface area contributed by atoms with Crippen molar-refractivity contribution in [2.24, 2.45) is 7.05 Å². The van der Waals surface area contributed by atoms with E-state index in [0.29, 0.717) is 22.3 Å². The maximum atomic E-state index is 12.5. The van der Waals surface area contributed by atoms with E-state index in [9.17, 15) is 9.59 Å². The van der Waals surface area contributed by atoms with Crippen LogP contribution >= 0.6 is 23.2 Å². The molecule has 0 spiro atoms. The van der Waals surface area contributed by atoms with Crippen molar-refractivity contribution in [1.82, 2.24) is 24.5 Å². The summed E-state index contributed by atoms with van der Waals surface area (Å²) in [5.74, 6) is -1.59. The van der Waals surface area contributed by atoms with E-state index in [1.165, 1.54) is 11.6 Å². The number of hydrogen-bond acceptors (Lipinski definition) is 5. The second kappa shape index (κ2) is 7.37. The number of carbonyl (C=O) groups excluding carboxylic acids is 1. The fourth-order valence-electron chi connectivity index (χ4n) is 2.42. The Morgan fingerprint density at radius 3 is 2.63 bits per heavy atom. The maximum Gasteiger partial charge on any atom is 0.354 e. The first-order valence-corrected chi connectivity index (χ1v) is 8.44. The zero-order valence-electron chi connectivity index (χ0n) is 14.3. The second-order valence-electron chi connectivity index (χ2n) is 5.71. The van der Waals surface area contributed by atoms with E-state index in [1.54, 1.807) is 29.8 Å². The number of nitrogens with one attached hydrogen (secondary N) is 1. The standard InChI is InChI=1S/C16H14Cl2N6O3/c1-8-13(14(25)20-16-19-6-12(15(26)27)23(16)2)21-22-24(8)7-9-3-4-10(17)11(18)5-9/h3-6H,7H2,1-2H3,(H,26,27)(H,19,20,25). The zero-order chi connectivity index (χ0) is 19.7. The van der Waals surface area contributed by atoms with Crippen LogP contribution in [-0.4, -0.2) is 41.5 Å². The van der Waals surface area contributed by atoms with Gasteiger partial charge < -0.3 is 9.67 Å². The normalized spacial score (nSPS) is 10.8. The molecule has 0 unspecified atom stereocenters. The van der Waals surface area contributed by atoms with Gasteiger partial charge >= 0.3 is 5.97 Å². The minimum absolute atomic E-state index is 0.0507. The van der Waals surface area contributed by atoms with Gasteiger partial charge in [0.05, 0.1) is 28.5 Å². The van der Waals surface area contributed by atoms with Crippen molar-refractivity contribution in [2.75, 3.05) is 5.32 Å². The first-order chi connectivity index (χ1) is 12.8. The lowest BCUT2D eigenvalue weighted by Gasteiger charge is -2.06. The number of carbonyl (C=O) groups is 2. The third-order valence-corrected chi connectivity index (χ3v) is 4.69. The first-order valence-electron chi connectivity index (χ1n) is 7.68. The van der Waals surface area contributed by atoms with Gasteiger partial charge in [0.2, 0.25) is 5.95 Å². The van der Waals surface area contributed by atoms with Gasteiger partial charge in [-0.15, -0.1) is 5.10 Å². The Kier molecular flexibility index (Phi) is 5.15. The van der Waals surface area contributed by atoms with Crippen LogP contribution in [0.5, 0.6) is 0 Å². The average Bonchev–Trinajstić information content (AvgIpc) is 3.15. The molecule has 0 atom stereocenters. The summed E-state index contributed by atoms with van der Waals surface area (Å²) in [5.41, 5.74) is 1.44. The molecule has 0 radical (unpaired) electrons. The van der Waals surface area contributed by atoms with E-state index in [2.05, 4.69) is 20.6 Å². The number of carboxylic acid groups (broad SMARTS) is 1. The zero-order valence-corrected chi connectivity index (χ0v) is 15.8. The second-order valence-corrected chi connectivity index (χ2v) is 6.53. The Balaban J connectivity index is 1.79. The van der Waals surface area contributed by atoms with Gasteiger partial charge in [0.1, 0.15) is 5.69 Å². The molecule has 0 fully saturated rings. The fraction of sp³-hybridized carbons (Fsp3) is 0.188. The number of benzene rings is 1. The largest absolute Gasteiger partial charge is 0.477 e. The third kappa shape index (κ3) is 3.79. The van der Waals surface area contributed by atoms with E-state index in [4.69, 9.17) is 28.3 Å². The number of aromatic carboxylic acids is 1. The molecule has 3 aromatic rings. The number of carboxylic acids is 1. The molecule has 11 heteroatoms. The molecule has 0 saturated heterocycles. The maximum absolute atomic E-state index is 12.5. The summed E-state index contributed by atoms with van der Waals surface area (Å²) in [6.45, 7) is 2.06. The van der Waals surface area contributed by atoms with Crippen LogP contribution in [0, 0.1) is 6.92 Å². The van der Waals surface area contributed by atoms with E-state index < -0.39 is 11.9 Å². The molecule has 0 saturated carbocycles. The SMILES string of the molecule is Cc1c(C(=O)Nc2ncc(C(=O)O)n2C)nnn1Cc1ccc(Cl)c(Cl)c1. The summed E-state index contributed by atoms with van der Waals surface area (Å²) in [7, 11) is 1.49. The van der Waals surface area contributed by atoms with Crippen LogP contribution in [0.1, 0.15) is 32.2 Å². The van der Waals surface area contributed by atoms with Crippen LogP contribution in [0.2, 0.25) is 10.0 Å². The molecule has 2 aromatic heterocycles. The van der Waals surface area contributed by atoms with Crippen LogP contribution in [0.3, 0.4) is 0 Å². The van der Waals surface area contributed by atoms with E-state index >= 15 is 0 Å². The van der Waals surface area contributed by atoms with E-state index in [1.807, 2.05) is 0 Å². The summed E-state index contributed by atoms with van der Waals surface area (Å²) in [6, 6.07) is 5.20. The molecule has 140 valence electrons. The Bertz CT molecular complexity index is 1040. The lowest BCUT2D eigenvalue weighted by atomic mass is 10.2. The number of rotatable bonds is 5. The van der Waals surface area contributed by atoms with Crippen molar-refractivity contribution >= 4 is 41.0 Å². The molecular weight excluding hydrogens is 395 g/mol. The Morgan fingerprint density at radius 2 is 2.00 bits per heavy atom. The van der Waals surface area contributed by atoms with Crippen molar-refractivity contribution < 1.29 is 14.7 Å². The fourth-order valence-corrected chi connectivity index (χ4v) is 2.74. The van der Waals surface area contributed by atoms with Crippen LogP contribution < -0.4 is 5.32 Å². The Labute approximate surface area is 163 Å². The van der Waals surface area contributed by atoms with E-state index in [-0.39, 0.29) is 17.3 Å².